The number of fused-ring (bicyclic) bond motifs is 1. The Morgan fingerprint density at radius 3 is 2.93 bits per heavy atom. The largest absolute Gasteiger partial charge is 0.252 e. The molecule has 0 atom stereocenters. The Kier molecular flexibility index (Phi) is 1.68. The molecule has 72 valence electrons. The summed E-state index contributed by atoms with van der Waals surface area (Å²) >= 11 is 0. The number of hydrogen-bond acceptors (Lipinski definition) is 4. The van der Waals surface area contributed by atoms with Crippen LogP contribution in [0.2, 0.25) is 0 Å². The van der Waals surface area contributed by atoms with Gasteiger partial charge in [0.25, 0.3) is 5.95 Å². The lowest BCUT2D eigenvalue weighted by molar-refractivity contribution is 0.814. The first-order valence-corrected chi connectivity index (χ1v) is 4.50. The van der Waals surface area contributed by atoms with Crippen LogP contribution in [0.4, 0.5) is 0 Å². The van der Waals surface area contributed by atoms with Crippen molar-refractivity contribution in [2.75, 3.05) is 0 Å². The monoisotopic (exact) mass is 197 g/mol. The van der Waals surface area contributed by atoms with E-state index >= 15 is 0 Å². The van der Waals surface area contributed by atoms with Crippen LogP contribution < -0.4 is 0 Å². The first-order chi connectivity index (χ1) is 7.43. The molecule has 0 amide bonds. The van der Waals surface area contributed by atoms with Gasteiger partial charge in [0.15, 0.2) is 0 Å². The maximum Gasteiger partial charge on any atom is 0.252 e. The molecule has 0 aliphatic carbocycles. The normalized spacial score (nSPS) is 10.7. The van der Waals surface area contributed by atoms with Crippen LogP contribution in [0.15, 0.2) is 43.1 Å². The van der Waals surface area contributed by atoms with Crippen molar-refractivity contribution in [2.45, 2.75) is 0 Å². The molecule has 0 saturated heterocycles. The zero-order valence-corrected chi connectivity index (χ0v) is 7.78. The van der Waals surface area contributed by atoms with Gasteiger partial charge in [-0.15, -0.1) is 0 Å². The van der Waals surface area contributed by atoms with Gasteiger partial charge in [-0.2, -0.15) is 9.78 Å². The van der Waals surface area contributed by atoms with E-state index in [2.05, 4.69) is 20.1 Å². The SMILES string of the molecule is c1ccc2nc(-n3cncn3)ncc2c1. The van der Waals surface area contributed by atoms with Crippen molar-refractivity contribution in [1.29, 1.82) is 0 Å². The summed E-state index contributed by atoms with van der Waals surface area (Å²) in [5.74, 6) is 0.534. The molecule has 1 aromatic carbocycles. The molecule has 0 saturated carbocycles. The van der Waals surface area contributed by atoms with Crippen molar-refractivity contribution in [1.82, 2.24) is 24.7 Å². The lowest BCUT2D eigenvalue weighted by Crippen LogP contribution is -2.00. The standard InChI is InChI=1S/C10H7N5/c1-2-4-9-8(3-1)5-12-10(14-9)15-7-11-6-13-15/h1-7H. The summed E-state index contributed by atoms with van der Waals surface area (Å²) in [6, 6.07) is 7.82. The van der Waals surface area contributed by atoms with E-state index in [9.17, 15) is 0 Å². The van der Waals surface area contributed by atoms with E-state index in [1.165, 1.54) is 11.0 Å². The molecule has 15 heavy (non-hydrogen) atoms. The van der Waals surface area contributed by atoms with Crippen LogP contribution >= 0.6 is 0 Å². The van der Waals surface area contributed by atoms with Gasteiger partial charge in [-0.1, -0.05) is 18.2 Å². The number of hydrogen-bond donors (Lipinski definition) is 0. The fourth-order valence-corrected chi connectivity index (χ4v) is 1.38. The zero-order valence-electron chi connectivity index (χ0n) is 7.78. The number of para-hydroxylation sites is 1. The van der Waals surface area contributed by atoms with E-state index in [0.29, 0.717) is 5.95 Å². The van der Waals surface area contributed by atoms with Crippen LogP contribution in [0.5, 0.6) is 0 Å². The third-order valence-electron chi connectivity index (χ3n) is 2.10. The first kappa shape index (κ1) is 8.05. The fourth-order valence-electron chi connectivity index (χ4n) is 1.38. The first-order valence-electron chi connectivity index (χ1n) is 4.50. The van der Waals surface area contributed by atoms with Crippen LogP contribution in [0, 0.1) is 0 Å². The third kappa shape index (κ3) is 1.34. The maximum atomic E-state index is 4.37. The number of benzene rings is 1. The number of nitrogens with zero attached hydrogens (tertiary/aromatic N) is 5. The number of rotatable bonds is 1. The Labute approximate surface area is 85.4 Å². The molecule has 3 rings (SSSR count). The van der Waals surface area contributed by atoms with Crippen molar-refractivity contribution < 1.29 is 0 Å². The fraction of sp³-hybridized carbons (Fsp3) is 0. The van der Waals surface area contributed by atoms with Gasteiger partial charge in [-0.3, -0.25) is 0 Å². The zero-order chi connectivity index (χ0) is 10.1. The van der Waals surface area contributed by atoms with Crippen molar-refractivity contribution >= 4 is 10.9 Å². The molecule has 0 aliphatic heterocycles. The molecule has 0 bridgehead atoms. The van der Waals surface area contributed by atoms with Crippen LogP contribution in [0.1, 0.15) is 0 Å². The van der Waals surface area contributed by atoms with Crippen molar-refractivity contribution in [3.05, 3.63) is 43.1 Å². The molecular formula is C10H7N5. The summed E-state index contributed by atoms with van der Waals surface area (Å²) in [6.07, 6.45) is 4.81. The Morgan fingerprint density at radius 2 is 2.07 bits per heavy atom. The van der Waals surface area contributed by atoms with E-state index in [0.717, 1.165) is 10.9 Å². The highest BCUT2D eigenvalue weighted by molar-refractivity contribution is 5.77. The topological polar surface area (TPSA) is 56.5 Å². The Balaban J connectivity index is 2.22. The van der Waals surface area contributed by atoms with Crippen LogP contribution in [0.3, 0.4) is 0 Å². The van der Waals surface area contributed by atoms with E-state index in [-0.39, 0.29) is 0 Å². The average molecular weight is 197 g/mol. The molecule has 3 aromatic rings. The van der Waals surface area contributed by atoms with Crippen LogP contribution in [-0.4, -0.2) is 24.7 Å². The Morgan fingerprint density at radius 1 is 1.13 bits per heavy atom. The summed E-state index contributed by atoms with van der Waals surface area (Å²) in [5, 5.41) is 4.99. The van der Waals surface area contributed by atoms with Crippen molar-refractivity contribution in [3.8, 4) is 5.95 Å². The molecule has 2 heterocycles. The van der Waals surface area contributed by atoms with Gasteiger partial charge in [-0.25, -0.2) is 15.0 Å². The van der Waals surface area contributed by atoms with E-state index in [1.54, 1.807) is 12.5 Å². The highest BCUT2D eigenvalue weighted by atomic mass is 15.4. The molecule has 0 radical (unpaired) electrons. The number of aromatic nitrogens is 5. The molecule has 2 aromatic heterocycles. The van der Waals surface area contributed by atoms with Gasteiger partial charge in [0.05, 0.1) is 5.52 Å². The van der Waals surface area contributed by atoms with Gasteiger partial charge >= 0.3 is 0 Å². The van der Waals surface area contributed by atoms with Crippen LogP contribution in [0.25, 0.3) is 16.9 Å². The second-order valence-corrected chi connectivity index (χ2v) is 3.07. The minimum atomic E-state index is 0.534. The molecule has 5 heteroatoms. The van der Waals surface area contributed by atoms with Crippen molar-refractivity contribution in [2.24, 2.45) is 0 Å². The van der Waals surface area contributed by atoms with Gasteiger partial charge < -0.3 is 0 Å². The molecular weight excluding hydrogens is 190 g/mol. The summed E-state index contributed by atoms with van der Waals surface area (Å²) in [6.45, 7) is 0. The highest BCUT2D eigenvalue weighted by Gasteiger charge is 2.01. The van der Waals surface area contributed by atoms with Gasteiger partial charge in [0.2, 0.25) is 0 Å². The van der Waals surface area contributed by atoms with Crippen molar-refractivity contribution in [3.63, 3.8) is 0 Å². The lowest BCUT2D eigenvalue weighted by atomic mass is 10.2. The van der Waals surface area contributed by atoms with E-state index < -0.39 is 0 Å². The summed E-state index contributed by atoms with van der Waals surface area (Å²) in [7, 11) is 0. The quantitative estimate of drug-likeness (QED) is 0.588. The Hall–Kier alpha value is -2.30. The van der Waals surface area contributed by atoms with E-state index in [1.807, 2.05) is 24.3 Å². The molecule has 0 aliphatic rings. The van der Waals surface area contributed by atoms with Crippen LogP contribution in [-0.2, 0) is 0 Å². The smallest absolute Gasteiger partial charge is 0.223 e. The lowest BCUT2D eigenvalue weighted by Gasteiger charge is -1.99. The summed E-state index contributed by atoms with van der Waals surface area (Å²) in [4.78, 5) is 12.4. The van der Waals surface area contributed by atoms with Gasteiger partial charge in [0.1, 0.15) is 12.7 Å². The molecule has 0 fully saturated rings. The predicted molar refractivity (Wildman–Crippen MR) is 54.5 cm³/mol. The second-order valence-electron chi connectivity index (χ2n) is 3.07. The average Bonchev–Trinajstić information content (AvgIpc) is 2.82. The minimum Gasteiger partial charge on any atom is -0.223 e. The third-order valence-corrected chi connectivity index (χ3v) is 2.10. The molecule has 0 N–H and O–H groups in total. The molecule has 0 unspecified atom stereocenters. The Bertz CT molecular complexity index is 588. The second kappa shape index (κ2) is 3.13. The van der Waals surface area contributed by atoms with Gasteiger partial charge in [0, 0.05) is 11.6 Å². The molecule has 5 nitrogen and oxygen atoms in total. The van der Waals surface area contributed by atoms with E-state index in [4.69, 9.17) is 0 Å². The molecule has 0 spiro atoms. The van der Waals surface area contributed by atoms with Gasteiger partial charge in [-0.05, 0) is 6.07 Å². The summed E-state index contributed by atoms with van der Waals surface area (Å²) < 4.78 is 1.53. The maximum absolute atomic E-state index is 4.37. The highest BCUT2D eigenvalue weighted by Crippen LogP contribution is 2.10. The summed E-state index contributed by atoms with van der Waals surface area (Å²) in [5.41, 5.74) is 0.901. The predicted octanol–water partition coefficient (Wildman–Crippen LogP) is 1.21. The minimum absolute atomic E-state index is 0.534.